The van der Waals surface area contributed by atoms with Gasteiger partial charge in [0.2, 0.25) is 0 Å². The van der Waals surface area contributed by atoms with Crippen LogP contribution >= 0.6 is 11.6 Å². The van der Waals surface area contributed by atoms with Gasteiger partial charge in [-0.15, -0.1) is 0 Å². The Morgan fingerprint density at radius 1 is 1.00 bits per heavy atom. The van der Waals surface area contributed by atoms with Gasteiger partial charge in [0.15, 0.2) is 0 Å². The number of carbonyl (C=O) groups is 2. The van der Waals surface area contributed by atoms with Crippen LogP contribution in [-0.4, -0.2) is 75.4 Å². The molecule has 2 fully saturated rings. The van der Waals surface area contributed by atoms with Crippen LogP contribution in [0.4, 0.5) is 16.2 Å². The number of urea groups is 1. The van der Waals surface area contributed by atoms with Gasteiger partial charge in [-0.05, 0) is 43.2 Å². The van der Waals surface area contributed by atoms with Crippen LogP contribution in [0.25, 0.3) is 0 Å². The molecule has 0 aliphatic carbocycles. The van der Waals surface area contributed by atoms with Gasteiger partial charge in [-0.25, -0.2) is 4.79 Å². The summed E-state index contributed by atoms with van der Waals surface area (Å²) in [5.74, 6) is -0.0509. The number of amides is 3. The Balaban J connectivity index is 1.26. The van der Waals surface area contributed by atoms with Gasteiger partial charge in [-0.2, -0.15) is 0 Å². The first-order valence-electron chi connectivity index (χ1n) is 11.8. The molecule has 4 rings (SSSR count). The zero-order valence-corrected chi connectivity index (χ0v) is 20.0. The summed E-state index contributed by atoms with van der Waals surface area (Å²) in [6, 6.07) is 14.7. The maximum atomic E-state index is 12.9. The lowest BCUT2D eigenvalue weighted by atomic mass is 10.0. The summed E-state index contributed by atoms with van der Waals surface area (Å²) in [5, 5.41) is 9.51. The molecule has 2 aliphatic heterocycles. The van der Waals surface area contributed by atoms with Gasteiger partial charge in [0.25, 0.3) is 5.91 Å². The maximum absolute atomic E-state index is 12.9. The number of hydrogen-bond acceptors (Lipinski definition) is 5. The van der Waals surface area contributed by atoms with E-state index in [1.165, 1.54) is 0 Å². The van der Waals surface area contributed by atoms with Crippen LogP contribution in [0.1, 0.15) is 23.2 Å². The Labute approximate surface area is 205 Å². The number of nitrogens with one attached hydrogen (secondary N) is 3. The quantitative estimate of drug-likeness (QED) is 0.560. The first-order valence-corrected chi connectivity index (χ1v) is 12.2. The Bertz CT molecular complexity index is 975. The minimum absolute atomic E-state index is 0.0509. The molecule has 2 aliphatic rings. The fourth-order valence-corrected chi connectivity index (χ4v) is 4.56. The van der Waals surface area contributed by atoms with Crippen LogP contribution in [0.3, 0.4) is 0 Å². The van der Waals surface area contributed by atoms with Crippen LogP contribution in [-0.2, 0) is 4.74 Å². The number of benzene rings is 2. The summed E-state index contributed by atoms with van der Waals surface area (Å²) in [5.41, 5.74) is 2.29. The van der Waals surface area contributed by atoms with Crippen molar-refractivity contribution < 1.29 is 14.3 Å². The molecule has 2 heterocycles. The van der Waals surface area contributed by atoms with Crippen molar-refractivity contribution in [3.63, 3.8) is 0 Å². The van der Waals surface area contributed by atoms with Crippen LogP contribution in [0.15, 0.2) is 48.5 Å². The Hall–Kier alpha value is -2.81. The molecule has 34 heavy (non-hydrogen) atoms. The molecule has 2 aromatic rings. The van der Waals surface area contributed by atoms with Crippen molar-refractivity contribution in [3.05, 3.63) is 59.1 Å². The minimum atomic E-state index is -0.235. The molecule has 0 aromatic heterocycles. The highest BCUT2D eigenvalue weighted by Gasteiger charge is 2.24. The average molecular weight is 486 g/mol. The number of nitrogens with zero attached hydrogens (tertiary/aromatic N) is 2. The van der Waals surface area contributed by atoms with E-state index in [-0.39, 0.29) is 18.0 Å². The molecule has 3 N–H and O–H groups in total. The Kier molecular flexibility index (Phi) is 8.62. The number of hydrogen-bond donors (Lipinski definition) is 3. The molecule has 0 radical (unpaired) electrons. The smallest absolute Gasteiger partial charge is 0.319 e. The van der Waals surface area contributed by atoms with Gasteiger partial charge in [0.05, 0.1) is 18.8 Å². The first kappa shape index (κ1) is 24.3. The first-order chi connectivity index (χ1) is 16.6. The zero-order chi connectivity index (χ0) is 23.8. The number of carbonyl (C=O) groups excluding carboxylic acids is 2. The van der Waals surface area contributed by atoms with Gasteiger partial charge in [0.1, 0.15) is 0 Å². The largest absolute Gasteiger partial charge is 0.379 e. The summed E-state index contributed by atoms with van der Waals surface area (Å²) in [6.45, 7) is 6.29. The van der Waals surface area contributed by atoms with E-state index in [1.54, 1.807) is 24.3 Å². The van der Waals surface area contributed by atoms with Crippen LogP contribution in [0.5, 0.6) is 0 Å². The summed E-state index contributed by atoms with van der Waals surface area (Å²) in [6.07, 6.45) is 1.60. The third kappa shape index (κ3) is 6.85. The van der Waals surface area contributed by atoms with Gasteiger partial charge in [-0.3, -0.25) is 9.69 Å². The van der Waals surface area contributed by atoms with E-state index < -0.39 is 0 Å². The van der Waals surface area contributed by atoms with E-state index in [1.807, 2.05) is 24.3 Å². The molecule has 0 unspecified atom stereocenters. The van der Waals surface area contributed by atoms with E-state index in [9.17, 15) is 9.59 Å². The molecular weight excluding hydrogens is 454 g/mol. The standard InChI is InChI=1S/C25H32ClN5O3/c26-19-4-3-5-21(18-19)29-25(33)28-20-8-11-31(12-9-20)23-7-2-1-6-22(23)24(32)27-10-13-30-14-16-34-17-15-30/h1-7,18,20H,8-17H2,(H,27,32)(H2,28,29,33). The van der Waals surface area contributed by atoms with E-state index in [2.05, 4.69) is 25.8 Å². The minimum Gasteiger partial charge on any atom is -0.379 e. The predicted molar refractivity (Wildman–Crippen MR) is 135 cm³/mol. The molecule has 8 nitrogen and oxygen atoms in total. The number of anilines is 2. The normalized spacial score (nSPS) is 17.3. The Morgan fingerprint density at radius 3 is 2.53 bits per heavy atom. The molecule has 3 amide bonds. The second kappa shape index (κ2) is 12.1. The summed E-state index contributed by atoms with van der Waals surface area (Å²) >= 11 is 5.98. The van der Waals surface area contributed by atoms with E-state index in [0.717, 1.165) is 64.5 Å². The SMILES string of the molecule is O=C(Nc1cccc(Cl)c1)NC1CCN(c2ccccc2C(=O)NCCN2CCOCC2)CC1. The predicted octanol–water partition coefficient (Wildman–Crippen LogP) is 3.19. The number of morpholine rings is 1. The maximum Gasteiger partial charge on any atom is 0.319 e. The number of ether oxygens (including phenoxy) is 1. The number of rotatable bonds is 7. The molecule has 182 valence electrons. The second-order valence-electron chi connectivity index (χ2n) is 8.60. The van der Waals surface area contributed by atoms with Crippen molar-refractivity contribution in [1.29, 1.82) is 0 Å². The van der Waals surface area contributed by atoms with E-state index in [4.69, 9.17) is 16.3 Å². The van der Waals surface area contributed by atoms with Crippen molar-refractivity contribution in [2.75, 3.05) is 62.7 Å². The molecule has 0 bridgehead atoms. The second-order valence-corrected chi connectivity index (χ2v) is 9.03. The number of piperidine rings is 1. The number of para-hydroxylation sites is 1. The topological polar surface area (TPSA) is 85.9 Å². The van der Waals surface area contributed by atoms with E-state index >= 15 is 0 Å². The van der Waals surface area contributed by atoms with Crippen molar-refractivity contribution in [3.8, 4) is 0 Å². The Morgan fingerprint density at radius 2 is 1.76 bits per heavy atom. The summed E-state index contributed by atoms with van der Waals surface area (Å²) < 4.78 is 5.37. The highest BCUT2D eigenvalue weighted by Crippen LogP contribution is 2.24. The number of halogens is 1. The zero-order valence-electron chi connectivity index (χ0n) is 19.3. The molecule has 2 aromatic carbocycles. The third-order valence-electron chi connectivity index (χ3n) is 6.22. The van der Waals surface area contributed by atoms with Crippen LogP contribution < -0.4 is 20.9 Å². The van der Waals surface area contributed by atoms with Gasteiger partial charge in [-0.1, -0.05) is 29.8 Å². The van der Waals surface area contributed by atoms with Crippen molar-refractivity contribution >= 4 is 34.9 Å². The van der Waals surface area contributed by atoms with E-state index in [0.29, 0.717) is 22.8 Å². The summed E-state index contributed by atoms with van der Waals surface area (Å²) in [4.78, 5) is 29.8. The monoisotopic (exact) mass is 485 g/mol. The lowest BCUT2D eigenvalue weighted by Gasteiger charge is -2.35. The fraction of sp³-hybridized carbons (Fsp3) is 0.440. The van der Waals surface area contributed by atoms with Crippen molar-refractivity contribution in [1.82, 2.24) is 15.5 Å². The van der Waals surface area contributed by atoms with Crippen molar-refractivity contribution in [2.24, 2.45) is 0 Å². The highest BCUT2D eigenvalue weighted by atomic mass is 35.5. The lowest BCUT2D eigenvalue weighted by Crippen LogP contribution is -2.46. The van der Waals surface area contributed by atoms with Crippen molar-refractivity contribution in [2.45, 2.75) is 18.9 Å². The lowest BCUT2D eigenvalue weighted by molar-refractivity contribution is 0.0383. The van der Waals surface area contributed by atoms with Crippen LogP contribution in [0.2, 0.25) is 5.02 Å². The average Bonchev–Trinajstić information content (AvgIpc) is 2.85. The van der Waals surface area contributed by atoms with Crippen LogP contribution in [0, 0.1) is 0 Å². The molecule has 0 atom stereocenters. The highest BCUT2D eigenvalue weighted by molar-refractivity contribution is 6.30. The fourth-order valence-electron chi connectivity index (χ4n) is 4.37. The van der Waals surface area contributed by atoms with Gasteiger partial charge in [0, 0.05) is 61.7 Å². The molecule has 0 spiro atoms. The third-order valence-corrected chi connectivity index (χ3v) is 6.45. The molecule has 9 heteroatoms. The summed E-state index contributed by atoms with van der Waals surface area (Å²) in [7, 11) is 0. The van der Waals surface area contributed by atoms with Gasteiger partial charge < -0.3 is 25.6 Å². The van der Waals surface area contributed by atoms with Gasteiger partial charge >= 0.3 is 6.03 Å². The molecule has 2 saturated heterocycles. The molecule has 0 saturated carbocycles. The molecular formula is C25H32ClN5O3.